The van der Waals surface area contributed by atoms with Crippen LogP contribution in [0.5, 0.6) is 0 Å². The largest absolute Gasteiger partial charge is 0.416 e. The molecule has 0 aromatic heterocycles. The van der Waals surface area contributed by atoms with E-state index >= 15 is 0 Å². The van der Waals surface area contributed by atoms with Gasteiger partial charge in [0.1, 0.15) is 0 Å². The predicted octanol–water partition coefficient (Wildman–Crippen LogP) is 5.28. The van der Waals surface area contributed by atoms with E-state index in [1.165, 1.54) is 19.3 Å². The summed E-state index contributed by atoms with van der Waals surface area (Å²) in [4.78, 5) is 37.4. The number of anilines is 1. The first kappa shape index (κ1) is 25.7. The number of carbonyl (C=O) groups is 3. The number of nitrogens with one attached hydrogen (secondary N) is 2. The maximum atomic E-state index is 12.7. The number of ketones is 1. The number of Topliss-reactive ketones (excluding diaryl/α,β-unsaturated/α-hetero) is 1. The normalized spacial score (nSPS) is 19.8. The van der Waals surface area contributed by atoms with Crippen molar-refractivity contribution >= 4 is 35.0 Å². The van der Waals surface area contributed by atoms with Gasteiger partial charge in [-0.1, -0.05) is 68.0 Å². The maximum Gasteiger partial charge on any atom is 0.309 e. The van der Waals surface area contributed by atoms with Gasteiger partial charge >= 0.3 is 11.9 Å². The monoisotopic (exact) mass is 524 g/mol. The second kappa shape index (κ2) is 11.2. The molecule has 0 atom stereocenters. The molecular formula is C29H33ClN2O5. The van der Waals surface area contributed by atoms with E-state index in [1.807, 2.05) is 24.3 Å². The van der Waals surface area contributed by atoms with Gasteiger partial charge in [-0.3, -0.25) is 14.4 Å². The van der Waals surface area contributed by atoms with Crippen LogP contribution in [0.4, 0.5) is 5.69 Å². The summed E-state index contributed by atoms with van der Waals surface area (Å²) in [5, 5.41) is 7.20. The number of ether oxygens (including phenoxy) is 2. The summed E-state index contributed by atoms with van der Waals surface area (Å²) in [6, 6.07) is 11.2. The van der Waals surface area contributed by atoms with Crippen molar-refractivity contribution in [2.75, 3.05) is 18.4 Å². The summed E-state index contributed by atoms with van der Waals surface area (Å²) in [7, 11) is 0. The summed E-state index contributed by atoms with van der Waals surface area (Å²) >= 11 is 6.61. The number of halogens is 1. The molecule has 2 N–H and O–H groups in total. The summed E-state index contributed by atoms with van der Waals surface area (Å²) in [6.07, 6.45) is 7.30. The van der Waals surface area contributed by atoms with Crippen molar-refractivity contribution in [2.24, 2.45) is 5.92 Å². The van der Waals surface area contributed by atoms with Gasteiger partial charge in [-0.2, -0.15) is 0 Å². The standard InChI is InChI=1S/C29H33ClN2O5/c30-24-11-10-23-22(14-15-31-18-29(23)36-26(34)12-13-27(35)37-29)28(24)32-17-20-6-8-21(9-7-20)25(33)16-19-4-2-1-3-5-19/h6-11,19,31-32H,1-5,12-18H2. The lowest BCUT2D eigenvalue weighted by molar-refractivity contribution is -0.225. The summed E-state index contributed by atoms with van der Waals surface area (Å²) in [6.45, 7) is 1.28. The first-order valence-electron chi connectivity index (χ1n) is 13.3. The van der Waals surface area contributed by atoms with Crippen LogP contribution in [0.3, 0.4) is 0 Å². The van der Waals surface area contributed by atoms with E-state index in [2.05, 4.69) is 10.6 Å². The SMILES string of the molecule is O=C1CCC(=O)OC2(CNCCc3c2ccc(Cl)c3NCc2ccc(C(=O)CC3CCCCC3)cc2)O1. The molecule has 0 unspecified atom stereocenters. The first-order valence-corrected chi connectivity index (χ1v) is 13.6. The number of esters is 2. The third kappa shape index (κ3) is 5.83. The second-order valence-corrected chi connectivity index (χ2v) is 10.7. The summed E-state index contributed by atoms with van der Waals surface area (Å²) < 4.78 is 11.4. The van der Waals surface area contributed by atoms with Gasteiger partial charge in [0, 0.05) is 24.1 Å². The number of hydrogen-bond donors (Lipinski definition) is 2. The molecule has 7 nitrogen and oxygen atoms in total. The Hall–Kier alpha value is -2.90. The van der Waals surface area contributed by atoms with Gasteiger partial charge in [-0.05, 0) is 42.1 Å². The third-order valence-electron chi connectivity index (χ3n) is 7.62. The van der Waals surface area contributed by atoms with E-state index in [-0.39, 0.29) is 25.2 Å². The van der Waals surface area contributed by atoms with Gasteiger partial charge in [-0.15, -0.1) is 0 Å². The highest BCUT2D eigenvalue weighted by Crippen LogP contribution is 2.40. The number of carbonyl (C=O) groups excluding carboxylic acids is 3. The molecule has 1 saturated carbocycles. The number of benzene rings is 2. The predicted molar refractivity (Wildman–Crippen MR) is 140 cm³/mol. The molecule has 1 spiro atoms. The van der Waals surface area contributed by atoms with Crippen LogP contribution in [-0.2, 0) is 37.8 Å². The van der Waals surface area contributed by atoms with Crippen LogP contribution in [0.15, 0.2) is 36.4 Å². The van der Waals surface area contributed by atoms with E-state index in [4.69, 9.17) is 21.1 Å². The van der Waals surface area contributed by atoms with Crippen molar-refractivity contribution in [1.29, 1.82) is 0 Å². The number of rotatable bonds is 6. The van der Waals surface area contributed by atoms with Crippen molar-refractivity contribution in [1.82, 2.24) is 5.32 Å². The molecule has 196 valence electrons. The van der Waals surface area contributed by atoms with Crippen molar-refractivity contribution in [3.05, 3.63) is 63.7 Å². The van der Waals surface area contributed by atoms with E-state index in [0.717, 1.165) is 35.2 Å². The molecule has 1 saturated heterocycles. The maximum absolute atomic E-state index is 12.7. The fraction of sp³-hybridized carbons (Fsp3) is 0.483. The fourth-order valence-corrected chi connectivity index (χ4v) is 5.88. The second-order valence-electron chi connectivity index (χ2n) is 10.3. The van der Waals surface area contributed by atoms with Crippen LogP contribution >= 0.6 is 11.6 Å². The van der Waals surface area contributed by atoms with Gasteiger partial charge in [0.2, 0.25) is 0 Å². The minimum atomic E-state index is -1.52. The highest BCUT2D eigenvalue weighted by molar-refractivity contribution is 6.33. The molecule has 37 heavy (non-hydrogen) atoms. The molecule has 0 amide bonds. The zero-order chi connectivity index (χ0) is 25.8. The van der Waals surface area contributed by atoms with Gasteiger partial charge in [0.15, 0.2) is 5.78 Å². The van der Waals surface area contributed by atoms with Crippen LogP contribution < -0.4 is 10.6 Å². The van der Waals surface area contributed by atoms with E-state index < -0.39 is 17.7 Å². The van der Waals surface area contributed by atoms with Gasteiger partial charge in [0.05, 0.1) is 30.1 Å². The van der Waals surface area contributed by atoms with Crippen LogP contribution in [0, 0.1) is 5.92 Å². The Kier molecular flexibility index (Phi) is 7.81. The minimum absolute atomic E-state index is 0.00618. The molecule has 0 bridgehead atoms. The Morgan fingerprint density at radius 3 is 2.38 bits per heavy atom. The first-order chi connectivity index (χ1) is 17.9. The quantitative estimate of drug-likeness (QED) is 0.392. The Morgan fingerprint density at radius 1 is 0.973 bits per heavy atom. The van der Waals surface area contributed by atoms with Crippen LogP contribution in [0.25, 0.3) is 0 Å². The Morgan fingerprint density at radius 2 is 1.68 bits per heavy atom. The zero-order valence-corrected chi connectivity index (χ0v) is 21.7. The zero-order valence-electron chi connectivity index (χ0n) is 20.9. The molecule has 2 fully saturated rings. The van der Waals surface area contributed by atoms with E-state index in [0.29, 0.717) is 42.4 Å². The van der Waals surface area contributed by atoms with Gasteiger partial charge in [0.25, 0.3) is 5.79 Å². The molecule has 2 aromatic carbocycles. The summed E-state index contributed by atoms with van der Waals surface area (Å²) in [5.41, 5.74) is 3.95. The Bertz CT molecular complexity index is 1160. The third-order valence-corrected chi connectivity index (χ3v) is 7.93. The van der Waals surface area contributed by atoms with E-state index in [9.17, 15) is 14.4 Å². The highest BCUT2D eigenvalue weighted by atomic mass is 35.5. The van der Waals surface area contributed by atoms with Crippen LogP contribution in [0.2, 0.25) is 5.02 Å². The molecule has 8 heteroatoms. The van der Waals surface area contributed by atoms with Crippen molar-refractivity contribution in [3.8, 4) is 0 Å². The minimum Gasteiger partial charge on any atom is -0.416 e. The molecule has 5 rings (SSSR count). The van der Waals surface area contributed by atoms with Crippen LogP contribution in [0.1, 0.15) is 78.4 Å². The lowest BCUT2D eigenvalue weighted by atomic mass is 9.85. The number of fused-ring (bicyclic) bond motifs is 2. The van der Waals surface area contributed by atoms with Crippen LogP contribution in [-0.4, -0.2) is 30.8 Å². The van der Waals surface area contributed by atoms with Gasteiger partial charge < -0.3 is 20.1 Å². The molecule has 0 radical (unpaired) electrons. The molecule has 3 aliphatic rings. The highest BCUT2D eigenvalue weighted by Gasteiger charge is 2.46. The lowest BCUT2D eigenvalue weighted by Crippen LogP contribution is -2.43. The van der Waals surface area contributed by atoms with Crippen molar-refractivity contribution in [3.63, 3.8) is 0 Å². The smallest absolute Gasteiger partial charge is 0.309 e. The average Bonchev–Trinajstić information content (AvgIpc) is 3.16. The molecule has 2 aromatic rings. The summed E-state index contributed by atoms with van der Waals surface area (Å²) in [5.74, 6) is -1.72. The van der Waals surface area contributed by atoms with Gasteiger partial charge in [-0.25, -0.2) is 0 Å². The average molecular weight is 525 g/mol. The molecule has 2 heterocycles. The topological polar surface area (TPSA) is 93.7 Å². The fourth-order valence-electron chi connectivity index (χ4n) is 5.64. The number of hydrogen-bond acceptors (Lipinski definition) is 7. The molecule has 2 aliphatic heterocycles. The Labute approximate surface area is 222 Å². The van der Waals surface area contributed by atoms with E-state index in [1.54, 1.807) is 12.1 Å². The van der Waals surface area contributed by atoms with Crippen molar-refractivity contribution < 1.29 is 23.9 Å². The Balaban J connectivity index is 1.33. The lowest BCUT2D eigenvalue weighted by Gasteiger charge is -2.32. The molecule has 1 aliphatic carbocycles. The van der Waals surface area contributed by atoms with Crippen molar-refractivity contribution in [2.45, 2.75) is 70.1 Å². The molecular weight excluding hydrogens is 492 g/mol.